The smallest absolute Gasteiger partial charge is 0.256 e. The molecular formula is C16H16FNOS. The zero-order valence-electron chi connectivity index (χ0n) is 11.4. The van der Waals surface area contributed by atoms with Crippen molar-refractivity contribution in [1.29, 1.82) is 0 Å². The first-order valence-electron chi connectivity index (χ1n) is 6.81. The standard InChI is InChI=1S/C16H16FNOS/c1-11-4-7-15(20-11)12-5-6-13(14(17)10-12)16(19)18-8-2-3-9-18/h4-7,10H,2-3,8-9H2,1H3. The molecule has 1 aromatic heterocycles. The number of likely N-dealkylation sites (tertiary alicyclic amines) is 1. The van der Waals surface area contributed by atoms with Crippen LogP contribution in [0.15, 0.2) is 30.3 Å². The van der Waals surface area contributed by atoms with Gasteiger partial charge in [-0.1, -0.05) is 6.07 Å². The summed E-state index contributed by atoms with van der Waals surface area (Å²) < 4.78 is 14.2. The van der Waals surface area contributed by atoms with Gasteiger partial charge in [-0.25, -0.2) is 4.39 Å². The van der Waals surface area contributed by atoms with Crippen molar-refractivity contribution in [2.75, 3.05) is 13.1 Å². The average molecular weight is 289 g/mol. The summed E-state index contributed by atoms with van der Waals surface area (Å²) in [4.78, 5) is 16.2. The second-order valence-electron chi connectivity index (χ2n) is 5.10. The van der Waals surface area contributed by atoms with Gasteiger partial charge in [0.05, 0.1) is 5.56 Å². The summed E-state index contributed by atoms with van der Waals surface area (Å²) in [6, 6.07) is 8.91. The molecule has 0 atom stereocenters. The molecule has 104 valence electrons. The number of rotatable bonds is 2. The van der Waals surface area contributed by atoms with Crippen molar-refractivity contribution in [3.05, 3.63) is 46.6 Å². The van der Waals surface area contributed by atoms with Gasteiger partial charge in [0.2, 0.25) is 0 Å². The minimum Gasteiger partial charge on any atom is -0.339 e. The zero-order chi connectivity index (χ0) is 14.1. The maximum absolute atomic E-state index is 14.2. The van der Waals surface area contributed by atoms with Crippen LogP contribution in [0.25, 0.3) is 10.4 Å². The van der Waals surface area contributed by atoms with Gasteiger partial charge in [0, 0.05) is 22.8 Å². The highest BCUT2D eigenvalue weighted by atomic mass is 32.1. The number of carbonyl (C=O) groups excluding carboxylic acids is 1. The Morgan fingerprint density at radius 3 is 2.55 bits per heavy atom. The van der Waals surface area contributed by atoms with E-state index in [1.54, 1.807) is 22.3 Å². The second kappa shape index (κ2) is 5.37. The number of amides is 1. The molecule has 0 N–H and O–H groups in total. The van der Waals surface area contributed by atoms with E-state index in [9.17, 15) is 9.18 Å². The van der Waals surface area contributed by atoms with Gasteiger partial charge in [-0.3, -0.25) is 4.79 Å². The number of aryl methyl sites for hydroxylation is 1. The molecule has 3 rings (SSSR count). The van der Waals surface area contributed by atoms with Gasteiger partial charge in [-0.05, 0) is 49.6 Å². The van der Waals surface area contributed by atoms with Gasteiger partial charge in [-0.15, -0.1) is 11.3 Å². The highest BCUT2D eigenvalue weighted by Crippen LogP contribution is 2.29. The van der Waals surface area contributed by atoms with Crippen LogP contribution in [0.1, 0.15) is 28.1 Å². The molecule has 0 bridgehead atoms. The molecule has 1 fully saturated rings. The topological polar surface area (TPSA) is 20.3 Å². The molecule has 1 aliphatic heterocycles. The molecule has 2 nitrogen and oxygen atoms in total. The van der Waals surface area contributed by atoms with E-state index >= 15 is 0 Å². The van der Waals surface area contributed by atoms with E-state index in [0.29, 0.717) is 0 Å². The zero-order valence-corrected chi connectivity index (χ0v) is 12.2. The summed E-state index contributed by atoms with van der Waals surface area (Å²) in [5.41, 5.74) is 1.02. The van der Waals surface area contributed by atoms with Crippen molar-refractivity contribution in [3.63, 3.8) is 0 Å². The van der Waals surface area contributed by atoms with Gasteiger partial charge < -0.3 is 4.90 Å². The number of benzene rings is 1. The fraction of sp³-hybridized carbons (Fsp3) is 0.312. The largest absolute Gasteiger partial charge is 0.339 e. The molecule has 20 heavy (non-hydrogen) atoms. The lowest BCUT2D eigenvalue weighted by Gasteiger charge is -2.15. The van der Waals surface area contributed by atoms with Gasteiger partial charge >= 0.3 is 0 Å². The molecule has 1 saturated heterocycles. The quantitative estimate of drug-likeness (QED) is 0.815. The molecule has 0 spiro atoms. The van der Waals surface area contributed by atoms with Crippen LogP contribution in [0.3, 0.4) is 0 Å². The van der Waals surface area contributed by atoms with E-state index in [1.807, 2.05) is 25.1 Å². The normalized spacial score (nSPS) is 14.8. The fourth-order valence-electron chi connectivity index (χ4n) is 2.52. The Kier molecular flexibility index (Phi) is 3.57. The van der Waals surface area contributed by atoms with Crippen LogP contribution < -0.4 is 0 Å². The number of nitrogens with zero attached hydrogens (tertiary/aromatic N) is 1. The van der Waals surface area contributed by atoms with E-state index in [0.717, 1.165) is 36.4 Å². The fourth-order valence-corrected chi connectivity index (χ4v) is 3.39. The Bertz CT molecular complexity index is 644. The first-order valence-corrected chi connectivity index (χ1v) is 7.62. The third-order valence-electron chi connectivity index (χ3n) is 3.62. The SMILES string of the molecule is Cc1ccc(-c2ccc(C(=O)N3CCCC3)c(F)c2)s1. The first-order chi connectivity index (χ1) is 9.65. The monoisotopic (exact) mass is 289 g/mol. The minimum absolute atomic E-state index is 0.184. The van der Waals surface area contributed by atoms with E-state index in [-0.39, 0.29) is 11.5 Å². The Morgan fingerprint density at radius 2 is 1.95 bits per heavy atom. The molecule has 0 aliphatic carbocycles. The summed E-state index contributed by atoms with van der Waals surface area (Å²) in [7, 11) is 0. The molecule has 1 aliphatic rings. The summed E-state index contributed by atoms with van der Waals surface area (Å²) in [5, 5.41) is 0. The van der Waals surface area contributed by atoms with Crippen LogP contribution in [-0.2, 0) is 0 Å². The minimum atomic E-state index is -0.426. The van der Waals surface area contributed by atoms with Crippen LogP contribution in [0.2, 0.25) is 0 Å². The average Bonchev–Trinajstić information content (AvgIpc) is 3.09. The first kappa shape index (κ1) is 13.3. The second-order valence-corrected chi connectivity index (χ2v) is 6.39. The molecular weight excluding hydrogens is 273 g/mol. The molecule has 2 heterocycles. The maximum atomic E-state index is 14.2. The lowest BCUT2D eigenvalue weighted by Crippen LogP contribution is -2.28. The van der Waals surface area contributed by atoms with Crippen molar-refractivity contribution in [3.8, 4) is 10.4 Å². The predicted octanol–water partition coefficient (Wildman–Crippen LogP) is 4.10. The van der Waals surface area contributed by atoms with E-state index < -0.39 is 5.82 Å². The van der Waals surface area contributed by atoms with Crippen molar-refractivity contribution < 1.29 is 9.18 Å². The lowest BCUT2D eigenvalue weighted by atomic mass is 10.1. The van der Waals surface area contributed by atoms with Crippen molar-refractivity contribution >= 4 is 17.2 Å². The number of halogens is 1. The molecule has 4 heteroatoms. The Morgan fingerprint density at radius 1 is 1.20 bits per heavy atom. The summed E-state index contributed by atoms with van der Waals surface area (Å²) >= 11 is 1.63. The predicted molar refractivity (Wildman–Crippen MR) is 79.6 cm³/mol. The maximum Gasteiger partial charge on any atom is 0.256 e. The number of thiophene rings is 1. The van der Waals surface area contributed by atoms with Crippen molar-refractivity contribution in [2.24, 2.45) is 0 Å². The third-order valence-corrected chi connectivity index (χ3v) is 4.67. The van der Waals surface area contributed by atoms with Crippen LogP contribution in [0, 0.1) is 12.7 Å². The number of hydrogen-bond acceptors (Lipinski definition) is 2. The van der Waals surface area contributed by atoms with Crippen molar-refractivity contribution in [1.82, 2.24) is 4.90 Å². The molecule has 0 saturated carbocycles. The van der Waals surface area contributed by atoms with Gasteiger partial charge in [0.1, 0.15) is 5.82 Å². The third kappa shape index (κ3) is 2.48. The summed E-state index contributed by atoms with van der Waals surface area (Å²) in [6.45, 7) is 3.50. The van der Waals surface area contributed by atoms with E-state index in [4.69, 9.17) is 0 Å². The summed E-state index contributed by atoms with van der Waals surface area (Å²) in [5.74, 6) is -0.612. The molecule has 2 aromatic rings. The van der Waals surface area contributed by atoms with Crippen LogP contribution in [0.5, 0.6) is 0 Å². The lowest BCUT2D eigenvalue weighted by molar-refractivity contribution is 0.0788. The molecule has 0 radical (unpaired) electrons. The van der Waals surface area contributed by atoms with Gasteiger partial charge in [0.15, 0.2) is 0 Å². The highest BCUT2D eigenvalue weighted by molar-refractivity contribution is 7.15. The molecule has 1 amide bonds. The Balaban J connectivity index is 1.89. The van der Waals surface area contributed by atoms with Gasteiger partial charge in [-0.2, -0.15) is 0 Å². The Labute approximate surface area is 121 Å². The van der Waals surface area contributed by atoms with Crippen LogP contribution >= 0.6 is 11.3 Å². The van der Waals surface area contributed by atoms with Crippen molar-refractivity contribution in [2.45, 2.75) is 19.8 Å². The van der Waals surface area contributed by atoms with Gasteiger partial charge in [0.25, 0.3) is 5.91 Å². The number of hydrogen-bond donors (Lipinski definition) is 0. The van der Waals surface area contributed by atoms with E-state index in [1.165, 1.54) is 10.9 Å². The molecule has 0 unspecified atom stereocenters. The van der Waals surface area contributed by atoms with E-state index in [2.05, 4.69) is 0 Å². The van der Waals surface area contributed by atoms with Crippen LogP contribution in [0.4, 0.5) is 4.39 Å². The summed E-state index contributed by atoms with van der Waals surface area (Å²) in [6.07, 6.45) is 2.03. The highest BCUT2D eigenvalue weighted by Gasteiger charge is 2.22. The Hall–Kier alpha value is -1.68. The number of carbonyl (C=O) groups is 1. The molecule has 1 aromatic carbocycles. The van der Waals surface area contributed by atoms with Crippen LogP contribution in [-0.4, -0.2) is 23.9 Å².